The molecule has 132 valence electrons. The second kappa shape index (κ2) is 7.70. The summed E-state index contributed by atoms with van der Waals surface area (Å²) in [6.07, 6.45) is 3.26. The van der Waals surface area contributed by atoms with E-state index >= 15 is 0 Å². The van der Waals surface area contributed by atoms with Crippen molar-refractivity contribution in [1.29, 1.82) is 5.26 Å². The quantitative estimate of drug-likeness (QED) is 0.705. The van der Waals surface area contributed by atoms with Crippen molar-refractivity contribution in [3.05, 3.63) is 82.9 Å². The van der Waals surface area contributed by atoms with E-state index in [0.717, 1.165) is 11.3 Å². The summed E-state index contributed by atoms with van der Waals surface area (Å²) in [5.41, 5.74) is 2.30. The smallest absolute Gasteiger partial charge is 0.240 e. The van der Waals surface area contributed by atoms with E-state index in [2.05, 4.69) is 15.8 Å². The number of imidazole rings is 1. The van der Waals surface area contributed by atoms with Gasteiger partial charge in [0.05, 0.1) is 35.1 Å². The molecule has 0 radical (unpaired) electrons. The summed E-state index contributed by atoms with van der Waals surface area (Å²) in [6.45, 7) is 0.630. The third-order valence-electron chi connectivity index (χ3n) is 3.78. The maximum absolute atomic E-state index is 12.4. The van der Waals surface area contributed by atoms with Crippen LogP contribution in [-0.2, 0) is 23.1 Å². The van der Waals surface area contributed by atoms with Crippen molar-refractivity contribution in [2.24, 2.45) is 0 Å². The average Bonchev–Trinajstić information content (AvgIpc) is 3.08. The lowest BCUT2D eigenvalue weighted by molar-refractivity contribution is 0.578. The predicted octanol–water partition coefficient (Wildman–Crippen LogP) is 2.93. The Hall–Kier alpha value is -2.66. The van der Waals surface area contributed by atoms with Crippen molar-refractivity contribution in [1.82, 2.24) is 14.3 Å². The van der Waals surface area contributed by atoms with Crippen LogP contribution in [0.15, 0.2) is 66.0 Å². The lowest BCUT2D eigenvalue weighted by atomic mass is 10.1. The molecule has 2 aromatic carbocycles. The molecule has 0 atom stereocenters. The van der Waals surface area contributed by atoms with Gasteiger partial charge >= 0.3 is 0 Å². The minimum absolute atomic E-state index is 0.102. The number of sulfonamides is 1. The van der Waals surface area contributed by atoms with Gasteiger partial charge in [-0.15, -0.1) is 0 Å². The summed E-state index contributed by atoms with van der Waals surface area (Å²) < 4.78 is 29.2. The number of rotatable bonds is 6. The Kier molecular flexibility index (Phi) is 5.38. The molecule has 0 amide bonds. The molecule has 1 N–H and O–H groups in total. The van der Waals surface area contributed by atoms with Crippen LogP contribution >= 0.6 is 11.6 Å². The highest BCUT2D eigenvalue weighted by Gasteiger charge is 2.15. The summed E-state index contributed by atoms with van der Waals surface area (Å²) in [5.74, 6) is 0. The fraction of sp³-hybridized carbons (Fsp3) is 0.111. The first kappa shape index (κ1) is 18.1. The van der Waals surface area contributed by atoms with Gasteiger partial charge in [0.15, 0.2) is 0 Å². The number of hydrogen-bond donors (Lipinski definition) is 1. The Labute approximate surface area is 156 Å². The molecule has 1 aromatic heterocycles. The summed E-state index contributed by atoms with van der Waals surface area (Å²) in [4.78, 5) is 4.21. The minimum Gasteiger partial charge on any atom is -0.329 e. The molecular weight excluding hydrogens is 372 g/mol. The third kappa shape index (κ3) is 4.29. The molecule has 3 aromatic rings. The first-order chi connectivity index (χ1) is 12.5. The van der Waals surface area contributed by atoms with Gasteiger partial charge < -0.3 is 4.57 Å². The lowest BCUT2D eigenvalue weighted by Gasteiger charge is -2.10. The predicted molar refractivity (Wildman–Crippen MR) is 98.0 cm³/mol. The zero-order valence-electron chi connectivity index (χ0n) is 13.6. The van der Waals surface area contributed by atoms with Crippen LogP contribution in [0.2, 0.25) is 5.02 Å². The number of hydrogen-bond acceptors (Lipinski definition) is 4. The van der Waals surface area contributed by atoms with Gasteiger partial charge in [-0.25, -0.2) is 18.1 Å². The molecule has 0 spiro atoms. The maximum atomic E-state index is 12.4. The van der Waals surface area contributed by atoms with Gasteiger partial charge in [0.25, 0.3) is 0 Å². The molecule has 1 heterocycles. The summed E-state index contributed by atoms with van der Waals surface area (Å²) >= 11 is 5.86. The van der Waals surface area contributed by atoms with Crippen molar-refractivity contribution in [2.75, 3.05) is 0 Å². The molecule has 6 nitrogen and oxygen atoms in total. The van der Waals surface area contributed by atoms with Crippen LogP contribution in [0.5, 0.6) is 0 Å². The Morgan fingerprint density at radius 2 is 1.96 bits per heavy atom. The zero-order valence-corrected chi connectivity index (χ0v) is 15.2. The fourth-order valence-corrected chi connectivity index (χ4v) is 3.70. The summed E-state index contributed by atoms with van der Waals surface area (Å²) in [5, 5.41) is 9.21. The second-order valence-corrected chi connectivity index (χ2v) is 7.81. The van der Waals surface area contributed by atoms with Crippen molar-refractivity contribution in [3.8, 4) is 6.07 Å². The Balaban J connectivity index is 1.71. The average molecular weight is 387 g/mol. The monoisotopic (exact) mass is 386 g/mol. The van der Waals surface area contributed by atoms with Gasteiger partial charge in [-0.2, -0.15) is 5.26 Å². The Bertz CT molecular complexity index is 1050. The maximum Gasteiger partial charge on any atom is 0.240 e. The Morgan fingerprint density at radius 1 is 1.19 bits per heavy atom. The van der Waals surface area contributed by atoms with Crippen LogP contribution in [0.3, 0.4) is 0 Å². The first-order valence-electron chi connectivity index (χ1n) is 7.71. The molecule has 3 rings (SSSR count). The van der Waals surface area contributed by atoms with E-state index in [1.807, 2.05) is 16.7 Å². The number of nitriles is 1. The molecule has 0 aliphatic rings. The fourth-order valence-electron chi connectivity index (χ4n) is 2.41. The van der Waals surface area contributed by atoms with E-state index in [4.69, 9.17) is 16.9 Å². The summed E-state index contributed by atoms with van der Waals surface area (Å²) in [6, 6.07) is 15.4. The van der Waals surface area contributed by atoms with Crippen LogP contribution in [0, 0.1) is 11.3 Å². The zero-order chi connectivity index (χ0) is 18.6. The molecular formula is C18H15ClN4O2S. The number of nitrogens with zero attached hydrogens (tertiary/aromatic N) is 3. The van der Waals surface area contributed by atoms with Crippen LogP contribution in [0.25, 0.3) is 0 Å². The van der Waals surface area contributed by atoms with E-state index in [-0.39, 0.29) is 11.4 Å². The number of aromatic nitrogens is 2. The van der Waals surface area contributed by atoms with E-state index < -0.39 is 10.0 Å². The SMILES string of the molecule is N#Cc1ccc(Cn2cncc2CNS(=O)(=O)c2cccc(Cl)c2)cc1. The highest BCUT2D eigenvalue weighted by atomic mass is 35.5. The molecule has 0 aliphatic carbocycles. The molecule has 0 aliphatic heterocycles. The van der Waals surface area contributed by atoms with Crippen LogP contribution < -0.4 is 4.72 Å². The molecule has 26 heavy (non-hydrogen) atoms. The molecule has 0 saturated heterocycles. The first-order valence-corrected chi connectivity index (χ1v) is 9.57. The number of halogens is 1. The molecule has 8 heteroatoms. The van der Waals surface area contributed by atoms with Crippen molar-refractivity contribution in [3.63, 3.8) is 0 Å². The van der Waals surface area contributed by atoms with E-state index in [1.165, 1.54) is 12.1 Å². The number of benzene rings is 2. The van der Waals surface area contributed by atoms with Gasteiger partial charge in [-0.05, 0) is 35.9 Å². The van der Waals surface area contributed by atoms with Crippen molar-refractivity contribution in [2.45, 2.75) is 18.0 Å². The lowest BCUT2D eigenvalue weighted by Crippen LogP contribution is -2.24. The van der Waals surface area contributed by atoms with Crippen molar-refractivity contribution >= 4 is 21.6 Å². The van der Waals surface area contributed by atoms with Crippen molar-refractivity contribution < 1.29 is 8.42 Å². The van der Waals surface area contributed by atoms with E-state index in [1.54, 1.807) is 36.8 Å². The van der Waals surface area contributed by atoms with E-state index in [9.17, 15) is 8.42 Å². The standard InChI is InChI=1S/C18H15ClN4O2S/c19-16-2-1-3-18(8-16)26(24,25)22-11-17-10-21-13-23(17)12-15-6-4-14(9-20)5-7-15/h1-8,10,13,22H,11-12H2. The third-order valence-corrected chi connectivity index (χ3v) is 5.42. The second-order valence-electron chi connectivity index (χ2n) is 5.60. The van der Waals surface area contributed by atoms with Gasteiger partial charge in [-0.1, -0.05) is 29.8 Å². The van der Waals surface area contributed by atoms with Gasteiger partial charge in [-0.3, -0.25) is 0 Å². The van der Waals surface area contributed by atoms with Gasteiger partial charge in [0, 0.05) is 17.8 Å². The topological polar surface area (TPSA) is 87.8 Å². The van der Waals surface area contributed by atoms with E-state index in [0.29, 0.717) is 17.1 Å². The van der Waals surface area contributed by atoms with Gasteiger partial charge in [0.1, 0.15) is 0 Å². The van der Waals surface area contributed by atoms with Crippen LogP contribution in [0.1, 0.15) is 16.8 Å². The number of nitrogens with one attached hydrogen (secondary N) is 1. The summed E-state index contributed by atoms with van der Waals surface area (Å²) in [7, 11) is -3.67. The molecule has 0 fully saturated rings. The van der Waals surface area contributed by atoms with Gasteiger partial charge in [0.2, 0.25) is 10.0 Å². The molecule has 0 bridgehead atoms. The normalized spacial score (nSPS) is 11.2. The highest BCUT2D eigenvalue weighted by molar-refractivity contribution is 7.89. The molecule has 0 saturated carbocycles. The minimum atomic E-state index is -3.67. The molecule has 0 unspecified atom stereocenters. The van der Waals surface area contributed by atoms with Crippen LogP contribution in [0.4, 0.5) is 0 Å². The van der Waals surface area contributed by atoms with Crippen LogP contribution in [-0.4, -0.2) is 18.0 Å². The largest absolute Gasteiger partial charge is 0.329 e. The highest BCUT2D eigenvalue weighted by Crippen LogP contribution is 2.16. The Morgan fingerprint density at radius 3 is 2.65 bits per heavy atom.